The number of rotatable bonds is 9. The summed E-state index contributed by atoms with van der Waals surface area (Å²) in [5.74, 6) is 0.581. The van der Waals surface area contributed by atoms with Crippen molar-refractivity contribution in [1.29, 1.82) is 0 Å². The quantitative estimate of drug-likeness (QED) is 0.565. The van der Waals surface area contributed by atoms with Crippen LogP contribution in [0.2, 0.25) is 0 Å². The van der Waals surface area contributed by atoms with Crippen molar-refractivity contribution in [2.24, 2.45) is 5.92 Å². The van der Waals surface area contributed by atoms with Gasteiger partial charge >= 0.3 is 5.97 Å². The summed E-state index contributed by atoms with van der Waals surface area (Å²) in [6.45, 7) is 4.26. The van der Waals surface area contributed by atoms with Gasteiger partial charge in [0, 0.05) is 10.9 Å². The lowest BCUT2D eigenvalue weighted by molar-refractivity contribution is -0.136. The van der Waals surface area contributed by atoms with Crippen LogP contribution >= 0.6 is 11.8 Å². The molecule has 0 heterocycles. The number of benzene rings is 2. The number of carboxylic acids is 1. The van der Waals surface area contributed by atoms with Gasteiger partial charge < -0.3 is 15.2 Å². The molecule has 0 aromatic heterocycles. The molecule has 2 N–H and O–H groups in total. The van der Waals surface area contributed by atoms with Gasteiger partial charge in [-0.25, -0.2) is 0 Å². The summed E-state index contributed by atoms with van der Waals surface area (Å²) in [7, 11) is 0. The maximum Gasteiger partial charge on any atom is 0.317 e. The molecule has 1 fully saturated rings. The molecule has 0 saturated heterocycles. The number of hydrogen-bond donors (Lipinski definition) is 2. The summed E-state index contributed by atoms with van der Waals surface area (Å²) < 4.78 is 6.38. The Morgan fingerprint density at radius 1 is 1.21 bits per heavy atom. The molecule has 156 valence electrons. The molecule has 1 aliphatic carbocycles. The van der Waals surface area contributed by atoms with E-state index >= 15 is 0 Å². The maximum atomic E-state index is 10.9. The van der Waals surface area contributed by atoms with E-state index in [-0.39, 0.29) is 18.7 Å². The Bertz CT molecular complexity index is 796. The highest BCUT2D eigenvalue weighted by Gasteiger charge is 2.27. The van der Waals surface area contributed by atoms with E-state index in [0.29, 0.717) is 5.92 Å². The van der Waals surface area contributed by atoms with Crippen LogP contribution in [0.1, 0.15) is 44.6 Å². The number of aryl methyl sites for hydroxylation is 1. The molecule has 0 bridgehead atoms. The molecule has 2 aromatic carbocycles. The molecular weight excluding hydrogens is 382 g/mol. The summed E-state index contributed by atoms with van der Waals surface area (Å²) in [6.07, 6.45) is 5.56. The molecule has 3 rings (SSSR count). The standard InChI is InChI=1S/C24H31NO3S/c1-17-12-13-22(23(14-17)29-20-9-4-3-5-10-20)28-18(2)15-19-8-6-7-11-21(19)25-16-24(26)27/h3-5,9-10,12-14,18-19,21,25H,6-8,11,15-16H2,1-2H3,(H,26,27). The molecule has 0 radical (unpaired) electrons. The zero-order valence-electron chi connectivity index (χ0n) is 17.3. The molecule has 5 heteroatoms. The van der Waals surface area contributed by atoms with E-state index in [0.717, 1.165) is 29.9 Å². The zero-order valence-corrected chi connectivity index (χ0v) is 18.1. The van der Waals surface area contributed by atoms with Crippen LogP contribution in [0.3, 0.4) is 0 Å². The molecular formula is C24H31NO3S. The number of carboxylic acid groups (broad SMARTS) is 1. The average Bonchev–Trinajstić information content (AvgIpc) is 2.70. The molecule has 1 aliphatic rings. The van der Waals surface area contributed by atoms with Gasteiger partial charge in [-0.3, -0.25) is 4.79 Å². The van der Waals surface area contributed by atoms with Crippen molar-refractivity contribution in [1.82, 2.24) is 5.32 Å². The first kappa shape index (κ1) is 21.7. The SMILES string of the molecule is Cc1ccc(OC(C)CC2CCCCC2NCC(=O)O)c(Sc2ccccc2)c1. The molecule has 0 spiro atoms. The summed E-state index contributed by atoms with van der Waals surface area (Å²) in [5, 5.41) is 12.2. The Balaban J connectivity index is 1.65. The second kappa shape index (κ2) is 10.7. The number of nitrogens with one attached hydrogen (secondary N) is 1. The number of aliphatic carboxylic acids is 1. The van der Waals surface area contributed by atoms with Crippen LogP contribution in [0.5, 0.6) is 5.75 Å². The van der Waals surface area contributed by atoms with Gasteiger partial charge in [-0.15, -0.1) is 0 Å². The monoisotopic (exact) mass is 413 g/mol. The number of carbonyl (C=O) groups is 1. The lowest BCUT2D eigenvalue weighted by Gasteiger charge is -2.33. The molecule has 1 saturated carbocycles. The topological polar surface area (TPSA) is 58.6 Å². The fourth-order valence-electron chi connectivity index (χ4n) is 4.08. The van der Waals surface area contributed by atoms with E-state index in [1.807, 2.05) is 6.07 Å². The lowest BCUT2D eigenvalue weighted by Crippen LogP contribution is -2.42. The Morgan fingerprint density at radius 2 is 1.97 bits per heavy atom. The molecule has 4 nitrogen and oxygen atoms in total. The summed E-state index contributed by atoms with van der Waals surface area (Å²) >= 11 is 1.73. The van der Waals surface area contributed by atoms with Crippen LogP contribution in [0.25, 0.3) is 0 Å². The van der Waals surface area contributed by atoms with Crippen molar-refractivity contribution in [3.05, 3.63) is 54.1 Å². The predicted molar refractivity (Wildman–Crippen MR) is 118 cm³/mol. The van der Waals surface area contributed by atoms with Crippen molar-refractivity contribution in [3.8, 4) is 5.75 Å². The molecule has 2 aromatic rings. The Labute approximate surface area is 178 Å². The van der Waals surface area contributed by atoms with Crippen LogP contribution in [0.4, 0.5) is 0 Å². The first-order chi connectivity index (χ1) is 14.0. The van der Waals surface area contributed by atoms with Gasteiger partial charge in [-0.1, -0.05) is 48.9 Å². The molecule has 3 atom stereocenters. The van der Waals surface area contributed by atoms with Crippen molar-refractivity contribution in [3.63, 3.8) is 0 Å². The van der Waals surface area contributed by atoms with Crippen LogP contribution in [-0.4, -0.2) is 29.8 Å². The van der Waals surface area contributed by atoms with Crippen molar-refractivity contribution < 1.29 is 14.6 Å². The Hall–Kier alpha value is -1.98. The second-order valence-corrected chi connectivity index (χ2v) is 9.07. The van der Waals surface area contributed by atoms with Crippen molar-refractivity contribution >= 4 is 17.7 Å². The fraction of sp³-hybridized carbons (Fsp3) is 0.458. The summed E-state index contributed by atoms with van der Waals surface area (Å²) in [5.41, 5.74) is 1.22. The summed E-state index contributed by atoms with van der Waals surface area (Å²) in [6, 6.07) is 17.0. The fourth-order valence-corrected chi connectivity index (χ4v) is 5.08. The zero-order chi connectivity index (χ0) is 20.6. The first-order valence-electron chi connectivity index (χ1n) is 10.5. The largest absolute Gasteiger partial charge is 0.490 e. The van der Waals surface area contributed by atoms with Crippen LogP contribution in [0, 0.1) is 12.8 Å². The molecule has 3 unspecified atom stereocenters. The molecule has 0 aliphatic heterocycles. The first-order valence-corrected chi connectivity index (χ1v) is 11.3. The van der Waals surface area contributed by atoms with E-state index in [9.17, 15) is 4.79 Å². The van der Waals surface area contributed by atoms with E-state index in [4.69, 9.17) is 9.84 Å². The smallest absolute Gasteiger partial charge is 0.317 e. The minimum absolute atomic E-state index is 0.0340. The highest BCUT2D eigenvalue weighted by Crippen LogP contribution is 2.37. The summed E-state index contributed by atoms with van der Waals surface area (Å²) in [4.78, 5) is 13.3. The lowest BCUT2D eigenvalue weighted by atomic mass is 9.81. The second-order valence-electron chi connectivity index (χ2n) is 7.96. The van der Waals surface area contributed by atoms with Gasteiger partial charge in [0.15, 0.2) is 0 Å². The van der Waals surface area contributed by atoms with Gasteiger partial charge in [0.2, 0.25) is 0 Å². The van der Waals surface area contributed by atoms with Gasteiger partial charge in [-0.05, 0) is 68.9 Å². The Kier molecular flexibility index (Phi) is 8.01. The van der Waals surface area contributed by atoms with E-state index < -0.39 is 5.97 Å². The van der Waals surface area contributed by atoms with Crippen molar-refractivity contribution in [2.75, 3.05) is 6.54 Å². The normalized spacial score (nSPS) is 20.2. The van der Waals surface area contributed by atoms with Gasteiger partial charge in [0.1, 0.15) is 5.75 Å². The third-order valence-electron chi connectivity index (χ3n) is 5.46. The van der Waals surface area contributed by atoms with Gasteiger partial charge in [-0.2, -0.15) is 0 Å². The maximum absolute atomic E-state index is 10.9. The van der Waals surface area contributed by atoms with E-state index in [2.05, 4.69) is 61.6 Å². The molecule has 29 heavy (non-hydrogen) atoms. The van der Waals surface area contributed by atoms with E-state index in [1.165, 1.54) is 23.3 Å². The van der Waals surface area contributed by atoms with Crippen molar-refractivity contribution in [2.45, 2.75) is 67.9 Å². The van der Waals surface area contributed by atoms with Gasteiger partial charge in [0.05, 0.1) is 17.5 Å². The highest BCUT2D eigenvalue weighted by atomic mass is 32.2. The van der Waals surface area contributed by atoms with Crippen LogP contribution in [-0.2, 0) is 4.79 Å². The Morgan fingerprint density at radius 3 is 2.72 bits per heavy atom. The minimum atomic E-state index is -0.791. The number of ether oxygens (including phenoxy) is 1. The van der Waals surface area contributed by atoms with Crippen LogP contribution < -0.4 is 10.1 Å². The third kappa shape index (κ3) is 6.79. The minimum Gasteiger partial charge on any atom is -0.490 e. The number of hydrogen-bond acceptors (Lipinski definition) is 4. The van der Waals surface area contributed by atoms with Gasteiger partial charge in [0.25, 0.3) is 0 Å². The third-order valence-corrected chi connectivity index (χ3v) is 6.50. The van der Waals surface area contributed by atoms with E-state index in [1.54, 1.807) is 11.8 Å². The highest BCUT2D eigenvalue weighted by molar-refractivity contribution is 7.99. The predicted octanol–water partition coefficient (Wildman–Crippen LogP) is 5.54. The average molecular weight is 414 g/mol. The van der Waals surface area contributed by atoms with Crippen LogP contribution in [0.15, 0.2) is 58.3 Å². The molecule has 0 amide bonds.